The van der Waals surface area contributed by atoms with Crippen molar-refractivity contribution >= 4 is 23.1 Å². The predicted octanol–water partition coefficient (Wildman–Crippen LogP) is 3.69. The fraction of sp³-hybridized carbons (Fsp3) is 0.571. The summed E-state index contributed by atoms with van der Waals surface area (Å²) >= 11 is 1.93. The molecule has 1 aromatic rings. The highest BCUT2D eigenvalue weighted by atomic mass is 32.2. The fourth-order valence-corrected chi connectivity index (χ4v) is 3.34. The van der Waals surface area contributed by atoms with Crippen LogP contribution in [0.2, 0.25) is 0 Å². The highest BCUT2D eigenvalue weighted by Crippen LogP contribution is 2.36. The first kappa shape index (κ1) is 15.0. The number of hydrogen-bond donors (Lipinski definition) is 1. The number of nitro groups is 1. The van der Waals surface area contributed by atoms with Crippen LogP contribution in [0.1, 0.15) is 26.7 Å². The van der Waals surface area contributed by atoms with E-state index in [1.54, 1.807) is 18.2 Å². The highest BCUT2D eigenvalue weighted by Gasteiger charge is 2.24. The van der Waals surface area contributed by atoms with Gasteiger partial charge < -0.3 is 10.1 Å². The van der Waals surface area contributed by atoms with Gasteiger partial charge >= 0.3 is 5.69 Å². The molecule has 0 unspecified atom stereocenters. The highest BCUT2D eigenvalue weighted by molar-refractivity contribution is 7.99. The van der Waals surface area contributed by atoms with Crippen molar-refractivity contribution in [1.29, 1.82) is 0 Å². The van der Waals surface area contributed by atoms with Gasteiger partial charge in [0.25, 0.3) is 0 Å². The van der Waals surface area contributed by atoms with Crippen LogP contribution in [0.4, 0.5) is 11.4 Å². The number of thioether (sulfide) groups is 1. The van der Waals surface area contributed by atoms with Gasteiger partial charge in [0, 0.05) is 6.04 Å². The molecular weight excluding hydrogens is 276 g/mol. The van der Waals surface area contributed by atoms with Crippen molar-refractivity contribution in [1.82, 2.24) is 0 Å². The molecule has 110 valence electrons. The lowest BCUT2D eigenvalue weighted by molar-refractivity contribution is -0.385. The second kappa shape index (κ2) is 6.83. The number of nitro benzene ring substituents is 1. The van der Waals surface area contributed by atoms with Gasteiger partial charge in [0.05, 0.1) is 11.0 Å². The Balaban J connectivity index is 2.24. The molecule has 1 fully saturated rings. The maximum Gasteiger partial charge on any atom is 0.333 e. The fourth-order valence-electron chi connectivity index (χ4n) is 2.24. The molecule has 1 aliphatic rings. The van der Waals surface area contributed by atoms with E-state index in [-0.39, 0.29) is 16.7 Å². The van der Waals surface area contributed by atoms with Gasteiger partial charge in [0.1, 0.15) is 5.69 Å². The Morgan fingerprint density at radius 2 is 2.10 bits per heavy atom. The smallest absolute Gasteiger partial charge is 0.333 e. The molecule has 0 bridgehead atoms. The molecular formula is C14H20N2O3S. The monoisotopic (exact) mass is 296 g/mol. The SMILES string of the molecule is CC(C)Oc1cccc(NC2CCSCC2)c1[N+](=O)[O-]. The molecule has 1 aromatic carbocycles. The van der Waals surface area contributed by atoms with E-state index in [0.717, 1.165) is 24.3 Å². The minimum Gasteiger partial charge on any atom is -0.484 e. The molecule has 1 heterocycles. The summed E-state index contributed by atoms with van der Waals surface area (Å²) in [6, 6.07) is 5.52. The number of nitrogens with zero attached hydrogens (tertiary/aromatic N) is 1. The zero-order valence-corrected chi connectivity index (χ0v) is 12.6. The Kier molecular flexibility index (Phi) is 5.11. The summed E-state index contributed by atoms with van der Waals surface area (Å²) in [7, 11) is 0. The topological polar surface area (TPSA) is 64.4 Å². The first-order valence-electron chi connectivity index (χ1n) is 6.86. The van der Waals surface area contributed by atoms with Gasteiger partial charge in [-0.25, -0.2) is 0 Å². The minimum atomic E-state index is -0.363. The van der Waals surface area contributed by atoms with E-state index >= 15 is 0 Å². The molecule has 0 aliphatic carbocycles. The van der Waals surface area contributed by atoms with Crippen LogP contribution in [0, 0.1) is 10.1 Å². The maximum atomic E-state index is 11.3. The lowest BCUT2D eigenvalue weighted by Gasteiger charge is -2.23. The van der Waals surface area contributed by atoms with Crippen LogP contribution in [-0.2, 0) is 0 Å². The van der Waals surface area contributed by atoms with Crippen LogP contribution in [0.15, 0.2) is 18.2 Å². The van der Waals surface area contributed by atoms with Crippen molar-refractivity contribution in [2.75, 3.05) is 16.8 Å². The summed E-state index contributed by atoms with van der Waals surface area (Å²) in [6.07, 6.45) is 1.99. The van der Waals surface area contributed by atoms with Crippen LogP contribution in [-0.4, -0.2) is 28.6 Å². The van der Waals surface area contributed by atoms with E-state index in [9.17, 15) is 10.1 Å². The van der Waals surface area contributed by atoms with Crippen molar-refractivity contribution in [3.63, 3.8) is 0 Å². The number of nitrogens with one attached hydrogen (secondary N) is 1. The average Bonchev–Trinajstić information content (AvgIpc) is 2.39. The van der Waals surface area contributed by atoms with E-state index in [4.69, 9.17) is 4.74 Å². The van der Waals surface area contributed by atoms with Gasteiger partial charge in [0.2, 0.25) is 0 Å². The third kappa shape index (κ3) is 3.79. The van der Waals surface area contributed by atoms with Crippen molar-refractivity contribution in [2.24, 2.45) is 0 Å². The average molecular weight is 296 g/mol. The number of benzene rings is 1. The number of hydrogen-bond acceptors (Lipinski definition) is 5. The molecule has 2 rings (SSSR count). The molecule has 5 nitrogen and oxygen atoms in total. The van der Waals surface area contributed by atoms with E-state index in [2.05, 4.69) is 5.32 Å². The van der Waals surface area contributed by atoms with Crippen LogP contribution >= 0.6 is 11.8 Å². The van der Waals surface area contributed by atoms with E-state index in [1.807, 2.05) is 25.6 Å². The van der Waals surface area contributed by atoms with Gasteiger partial charge in [-0.1, -0.05) is 6.07 Å². The Labute approximate surface area is 123 Å². The molecule has 1 saturated heterocycles. The molecule has 1 N–H and O–H groups in total. The van der Waals surface area contributed by atoms with Gasteiger partial charge in [-0.2, -0.15) is 11.8 Å². The lowest BCUT2D eigenvalue weighted by Crippen LogP contribution is -2.25. The van der Waals surface area contributed by atoms with Crippen molar-refractivity contribution in [2.45, 2.75) is 38.8 Å². The molecule has 0 atom stereocenters. The van der Waals surface area contributed by atoms with Gasteiger partial charge in [-0.05, 0) is 50.3 Å². The summed E-state index contributed by atoms with van der Waals surface area (Å²) in [6.45, 7) is 3.73. The third-order valence-electron chi connectivity index (χ3n) is 3.13. The Hall–Kier alpha value is -1.43. The van der Waals surface area contributed by atoms with Crippen LogP contribution in [0.5, 0.6) is 5.75 Å². The number of para-hydroxylation sites is 1. The first-order chi connectivity index (χ1) is 9.58. The van der Waals surface area contributed by atoms with Gasteiger partial charge in [0.15, 0.2) is 5.75 Å². The van der Waals surface area contributed by atoms with Gasteiger partial charge in [-0.15, -0.1) is 0 Å². The van der Waals surface area contributed by atoms with Crippen LogP contribution in [0.25, 0.3) is 0 Å². The largest absolute Gasteiger partial charge is 0.484 e. The second-order valence-corrected chi connectivity index (χ2v) is 6.33. The number of anilines is 1. The Morgan fingerprint density at radius 3 is 2.70 bits per heavy atom. The zero-order valence-electron chi connectivity index (χ0n) is 11.8. The normalized spacial score (nSPS) is 16.1. The van der Waals surface area contributed by atoms with E-state index in [1.165, 1.54) is 0 Å². The molecule has 0 amide bonds. The molecule has 0 radical (unpaired) electrons. The second-order valence-electron chi connectivity index (χ2n) is 5.11. The minimum absolute atomic E-state index is 0.0411. The van der Waals surface area contributed by atoms with Gasteiger partial charge in [-0.3, -0.25) is 10.1 Å². The molecule has 0 spiro atoms. The molecule has 0 aromatic heterocycles. The Morgan fingerprint density at radius 1 is 1.40 bits per heavy atom. The van der Waals surface area contributed by atoms with E-state index < -0.39 is 0 Å². The molecule has 1 aliphatic heterocycles. The molecule has 20 heavy (non-hydrogen) atoms. The van der Waals surface area contributed by atoms with Crippen molar-refractivity contribution < 1.29 is 9.66 Å². The standard InChI is InChI=1S/C14H20N2O3S/c1-10(2)19-13-5-3-4-12(14(13)16(17)18)15-11-6-8-20-9-7-11/h3-5,10-11,15H,6-9H2,1-2H3. The predicted molar refractivity (Wildman–Crippen MR) is 82.8 cm³/mol. The van der Waals surface area contributed by atoms with Crippen molar-refractivity contribution in [3.05, 3.63) is 28.3 Å². The zero-order chi connectivity index (χ0) is 14.5. The summed E-state index contributed by atoms with van der Waals surface area (Å²) in [5.41, 5.74) is 0.601. The van der Waals surface area contributed by atoms with Crippen LogP contribution in [0.3, 0.4) is 0 Å². The summed E-state index contributed by atoms with van der Waals surface area (Å²) in [5, 5.41) is 14.7. The molecule has 0 saturated carbocycles. The molecule has 6 heteroatoms. The van der Waals surface area contributed by atoms with Crippen molar-refractivity contribution in [3.8, 4) is 5.75 Å². The number of rotatable bonds is 5. The quantitative estimate of drug-likeness (QED) is 0.663. The van der Waals surface area contributed by atoms with E-state index in [0.29, 0.717) is 17.5 Å². The lowest BCUT2D eigenvalue weighted by atomic mass is 10.1. The number of ether oxygens (including phenoxy) is 1. The summed E-state index contributed by atoms with van der Waals surface area (Å²) < 4.78 is 5.55. The maximum absolute atomic E-state index is 11.3. The Bertz CT molecular complexity index is 473. The summed E-state index contributed by atoms with van der Waals surface area (Å²) in [5.74, 6) is 2.54. The summed E-state index contributed by atoms with van der Waals surface area (Å²) in [4.78, 5) is 11.0. The third-order valence-corrected chi connectivity index (χ3v) is 4.17. The first-order valence-corrected chi connectivity index (χ1v) is 8.01. The van der Waals surface area contributed by atoms with Crippen LogP contribution < -0.4 is 10.1 Å².